The fraction of sp³-hybridized carbons (Fsp3) is 0.588. The molecule has 1 heterocycles. The molecule has 1 aliphatic heterocycles. The van der Waals surface area contributed by atoms with E-state index in [1.54, 1.807) is 7.11 Å². The third kappa shape index (κ3) is 5.56. The van der Waals surface area contributed by atoms with Crippen LogP contribution in [0.1, 0.15) is 18.4 Å². The lowest BCUT2D eigenvalue weighted by molar-refractivity contribution is 0.210. The predicted molar refractivity (Wildman–Crippen MR) is 88.3 cm³/mol. The molecule has 0 aliphatic carbocycles. The van der Waals surface area contributed by atoms with Gasteiger partial charge in [-0.25, -0.2) is 4.79 Å². The number of rotatable bonds is 6. The molecule has 5 nitrogen and oxygen atoms in total. The molecule has 0 aromatic heterocycles. The Hall–Kier alpha value is -1.75. The maximum atomic E-state index is 11.8. The van der Waals surface area contributed by atoms with Crippen LogP contribution in [0, 0.1) is 5.92 Å². The molecule has 2 N–H and O–H groups in total. The zero-order chi connectivity index (χ0) is 15.8. The highest BCUT2D eigenvalue weighted by Gasteiger charge is 2.16. The van der Waals surface area contributed by atoms with Crippen molar-refractivity contribution >= 4 is 6.03 Å². The number of piperidine rings is 1. The zero-order valence-corrected chi connectivity index (χ0v) is 13.6. The largest absolute Gasteiger partial charge is 0.497 e. The minimum atomic E-state index is -0.0626. The normalized spacial score (nSPS) is 16.3. The number of hydrogen-bond donors (Lipinski definition) is 2. The first-order chi connectivity index (χ1) is 10.7. The van der Waals surface area contributed by atoms with Crippen LogP contribution in [0.4, 0.5) is 4.79 Å². The van der Waals surface area contributed by atoms with Crippen molar-refractivity contribution in [1.82, 2.24) is 15.5 Å². The van der Waals surface area contributed by atoms with E-state index in [2.05, 4.69) is 22.6 Å². The maximum absolute atomic E-state index is 11.8. The van der Waals surface area contributed by atoms with E-state index >= 15 is 0 Å². The molecule has 1 aromatic carbocycles. The lowest BCUT2D eigenvalue weighted by Gasteiger charge is -2.28. The third-order valence-electron chi connectivity index (χ3n) is 4.25. The van der Waals surface area contributed by atoms with E-state index in [-0.39, 0.29) is 6.03 Å². The molecule has 122 valence electrons. The second-order valence-corrected chi connectivity index (χ2v) is 5.98. The minimum Gasteiger partial charge on any atom is -0.497 e. The standard InChI is InChI=1S/C17H27N3O2/c1-20-11-8-15(9-12-20)13-19-17(21)18-10-7-14-3-5-16(22-2)6-4-14/h3-6,15H,7-13H2,1-2H3,(H2,18,19,21). The first kappa shape index (κ1) is 16.6. The van der Waals surface area contributed by atoms with Gasteiger partial charge in [0.15, 0.2) is 0 Å². The topological polar surface area (TPSA) is 53.6 Å². The van der Waals surface area contributed by atoms with Crippen LogP contribution in [0.2, 0.25) is 0 Å². The van der Waals surface area contributed by atoms with Crippen LogP contribution in [0.5, 0.6) is 5.75 Å². The van der Waals surface area contributed by atoms with E-state index in [9.17, 15) is 4.79 Å². The summed E-state index contributed by atoms with van der Waals surface area (Å²) in [5.41, 5.74) is 1.19. The number of carbonyl (C=O) groups is 1. The fourth-order valence-corrected chi connectivity index (χ4v) is 2.68. The molecular formula is C17H27N3O2. The van der Waals surface area contributed by atoms with E-state index in [1.807, 2.05) is 24.3 Å². The molecule has 2 amide bonds. The van der Waals surface area contributed by atoms with Crippen molar-refractivity contribution in [2.75, 3.05) is 40.3 Å². The highest BCUT2D eigenvalue weighted by atomic mass is 16.5. The van der Waals surface area contributed by atoms with Crippen LogP contribution in [-0.2, 0) is 6.42 Å². The van der Waals surface area contributed by atoms with Crippen molar-refractivity contribution in [2.45, 2.75) is 19.3 Å². The number of nitrogens with zero attached hydrogens (tertiary/aromatic N) is 1. The SMILES string of the molecule is COc1ccc(CCNC(=O)NCC2CCN(C)CC2)cc1. The summed E-state index contributed by atoms with van der Waals surface area (Å²) in [6.07, 6.45) is 3.16. The van der Waals surface area contributed by atoms with Crippen molar-refractivity contribution in [2.24, 2.45) is 5.92 Å². The lowest BCUT2D eigenvalue weighted by Crippen LogP contribution is -2.41. The van der Waals surface area contributed by atoms with Gasteiger partial charge in [-0.3, -0.25) is 0 Å². The van der Waals surface area contributed by atoms with E-state index in [1.165, 1.54) is 18.4 Å². The molecule has 1 fully saturated rings. The highest BCUT2D eigenvalue weighted by Crippen LogP contribution is 2.14. The summed E-state index contributed by atoms with van der Waals surface area (Å²) < 4.78 is 5.13. The van der Waals surface area contributed by atoms with Crippen LogP contribution in [-0.4, -0.2) is 51.3 Å². The van der Waals surface area contributed by atoms with Crippen LogP contribution in [0.15, 0.2) is 24.3 Å². The number of hydrogen-bond acceptors (Lipinski definition) is 3. The van der Waals surface area contributed by atoms with E-state index < -0.39 is 0 Å². The monoisotopic (exact) mass is 305 g/mol. The Morgan fingerprint density at radius 2 is 1.91 bits per heavy atom. The van der Waals surface area contributed by atoms with Gasteiger partial charge in [0.25, 0.3) is 0 Å². The van der Waals surface area contributed by atoms with Crippen LogP contribution < -0.4 is 15.4 Å². The van der Waals surface area contributed by atoms with E-state index in [0.29, 0.717) is 12.5 Å². The third-order valence-corrected chi connectivity index (χ3v) is 4.25. The zero-order valence-electron chi connectivity index (χ0n) is 13.6. The number of nitrogens with one attached hydrogen (secondary N) is 2. The second kappa shape index (κ2) is 8.63. The molecule has 1 aromatic rings. The van der Waals surface area contributed by atoms with Gasteiger partial charge in [0.1, 0.15) is 5.75 Å². The van der Waals surface area contributed by atoms with Gasteiger partial charge in [0.05, 0.1) is 7.11 Å². The van der Waals surface area contributed by atoms with Crippen molar-refractivity contribution in [3.63, 3.8) is 0 Å². The van der Waals surface area contributed by atoms with E-state index in [4.69, 9.17) is 4.74 Å². The molecule has 0 spiro atoms. The highest BCUT2D eigenvalue weighted by molar-refractivity contribution is 5.73. The second-order valence-electron chi connectivity index (χ2n) is 5.98. The van der Waals surface area contributed by atoms with Gasteiger partial charge in [0, 0.05) is 13.1 Å². The van der Waals surface area contributed by atoms with Crippen LogP contribution in [0.3, 0.4) is 0 Å². The number of ether oxygens (including phenoxy) is 1. The average molecular weight is 305 g/mol. The Morgan fingerprint density at radius 3 is 2.55 bits per heavy atom. The summed E-state index contributed by atoms with van der Waals surface area (Å²) >= 11 is 0. The van der Waals surface area contributed by atoms with Gasteiger partial charge in [0.2, 0.25) is 0 Å². The Balaban J connectivity index is 1.59. The van der Waals surface area contributed by atoms with Crippen molar-refractivity contribution in [1.29, 1.82) is 0 Å². The average Bonchev–Trinajstić information content (AvgIpc) is 2.55. The van der Waals surface area contributed by atoms with Crippen LogP contribution >= 0.6 is 0 Å². The Kier molecular flexibility index (Phi) is 6.52. The van der Waals surface area contributed by atoms with Gasteiger partial charge in [-0.1, -0.05) is 12.1 Å². The molecule has 0 bridgehead atoms. The Labute approximate surface area is 133 Å². The summed E-state index contributed by atoms with van der Waals surface area (Å²) in [6, 6.07) is 7.87. The number of urea groups is 1. The molecule has 2 rings (SSSR count). The minimum absolute atomic E-state index is 0.0626. The van der Waals surface area contributed by atoms with Gasteiger partial charge in [-0.15, -0.1) is 0 Å². The molecular weight excluding hydrogens is 278 g/mol. The van der Waals surface area contributed by atoms with Gasteiger partial charge < -0.3 is 20.3 Å². The fourth-order valence-electron chi connectivity index (χ4n) is 2.68. The van der Waals surface area contributed by atoms with Crippen molar-refractivity contribution in [3.05, 3.63) is 29.8 Å². The van der Waals surface area contributed by atoms with Gasteiger partial charge in [-0.05, 0) is 63.0 Å². The molecule has 1 saturated heterocycles. The number of likely N-dealkylation sites (tertiary alicyclic amines) is 1. The number of amides is 2. The summed E-state index contributed by atoms with van der Waals surface area (Å²) in [6.45, 7) is 3.69. The molecule has 22 heavy (non-hydrogen) atoms. The molecule has 0 radical (unpaired) electrons. The molecule has 5 heteroatoms. The smallest absolute Gasteiger partial charge is 0.314 e. The van der Waals surface area contributed by atoms with Crippen molar-refractivity contribution in [3.8, 4) is 5.75 Å². The van der Waals surface area contributed by atoms with Gasteiger partial charge >= 0.3 is 6.03 Å². The number of benzene rings is 1. The lowest BCUT2D eigenvalue weighted by atomic mass is 9.97. The summed E-state index contributed by atoms with van der Waals surface area (Å²) in [5, 5.41) is 5.90. The maximum Gasteiger partial charge on any atom is 0.314 e. The van der Waals surface area contributed by atoms with Gasteiger partial charge in [-0.2, -0.15) is 0 Å². The molecule has 0 atom stereocenters. The number of methoxy groups -OCH3 is 1. The first-order valence-electron chi connectivity index (χ1n) is 8.00. The molecule has 0 unspecified atom stereocenters. The summed E-state index contributed by atoms with van der Waals surface area (Å²) in [5.74, 6) is 1.47. The number of carbonyl (C=O) groups excluding carboxylic acids is 1. The molecule has 1 aliphatic rings. The summed E-state index contributed by atoms with van der Waals surface area (Å²) in [4.78, 5) is 14.1. The van der Waals surface area contributed by atoms with Crippen molar-refractivity contribution < 1.29 is 9.53 Å². The molecule has 0 saturated carbocycles. The first-order valence-corrected chi connectivity index (χ1v) is 8.00. The quantitative estimate of drug-likeness (QED) is 0.844. The van der Waals surface area contributed by atoms with Crippen LogP contribution in [0.25, 0.3) is 0 Å². The summed E-state index contributed by atoms with van der Waals surface area (Å²) in [7, 11) is 3.81. The Bertz CT molecular complexity index is 453. The Morgan fingerprint density at radius 1 is 1.23 bits per heavy atom. The predicted octanol–water partition coefficient (Wildman–Crippen LogP) is 1.88. The van der Waals surface area contributed by atoms with E-state index in [0.717, 1.165) is 31.8 Å².